The number of hydrogen-bond donors (Lipinski definition) is 0. The molecule has 1 atom stereocenters. The predicted molar refractivity (Wildman–Crippen MR) is 110 cm³/mol. The second-order valence-electron chi connectivity index (χ2n) is 5.81. The van der Waals surface area contributed by atoms with Crippen LogP contribution in [0.25, 0.3) is 10.7 Å². The van der Waals surface area contributed by atoms with Gasteiger partial charge in [-0.25, -0.2) is 0 Å². The molecule has 0 saturated heterocycles. The van der Waals surface area contributed by atoms with Gasteiger partial charge in [0.05, 0.1) is 10.1 Å². The smallest absolute Gasteiger partial charge is 0.246 e. The van der Waals surface area contributed by atoms with Crippen LogP contribution >= 0.6 is 34.7 Å². The fourth-order valence-electron chi connectivity index (χ4n) is 2.52. The maximum atomic E-state index is 13.0. The highest BCUT2D eigenvalue weighted by molar-refractivity contribution is 8.00. The molecule has 1 amide bonds. The van der Waals surface area contributed by atoms with Gasteiger partial charge in [-0.1, -0.05) is 29.7 Å². The van der Waals surface area contributed by atoms with Crippen LogP contribution in [0.2, 0.25) is 5.02 Å². The van der Waals surface area contributed by atoms with Crippen molar-refractivity contribution in [2.45, 2.75) is 37.0 Å². The Hall–Kier alpha value is -1.83. The van der Waals surface area contributed by atoms with Gasteiger partial charge in [-0.05, 0) is 49.1 Å². The zero-order chi connectivity index (χ0) is 19.2. The number of rotatable bonds is 8. The molecule has 0 spiro atoms. The fourth-order valence-corrected chi connectivity index (χ4v) is 4.34. The van der Waals surface area contributed by atoms with Crippen molar-refractivity contribution in [2.24, 2.45) is 0 Å². The van der Waals surface area contributed by atoms with E-state index in [4.69, 9.17) is 16.1 Å². The van der Waals surface area contributed by atoms with Crippen LogP contribution < -0.4 is 0 Å². The quantitative estimate of drug-likeness (QED) is 0.457. The minimum Gasteiger partial charge on any atom is -0.337 e. The molecular weight excluding hydrogens is 402 g/mol. The first-order chi connectivity index (χ1) is 13.1. The Morgan fingerprint density at radius 2 is 2.07 bits per heavy atom. The van der Waals surface area contributed by atoms with Gasteiger partial charge in [0.15, 0.2) is 0 Å². The molecule has 0 saturated carbocycles. The Morgan fingerprint density at radius 1 is 1.30 bits per heavy atom. The summed E-state index contributed by atoms with van der Waals surface area (Å²) in [6.45, 7) is 4.85. The summed E-state index contributed by atoms with van der Waals surface area (Å²) >= 11 is 9.04. The first-order valence-corrected chi connectivity index (χ1v) is 10.8. The number of benzene rings is 1. The molecule has 5 nitrogen and oxygen atoms in total. The molecule has 142 valence electrons. The SMILES string of the molecule is CC[C@H](Sc1ccc(Cl)cc1)C(=O)N(CC)Cc1nc(-c2cccs2)no1. The Labute approximate surface area is 171 Å². The number of thioether (sulfide) groups is 1. The summed E-state index contributed by atoms with van der Waals surface area (Å²) in [5.74, 6) is 1.07. The minimum atomic E-state index is -0.175. The van der Waals surface area contributed by atoms with E-state index < -0.39 is 0 Å². The predicted octanol–water partition coefficient (Wildman–Crippen LogP) is 5.37. The third kappa shape index (κ3) is 5.12. The lowest BCUT2D eigenvalue weighted by molar-refractivity contribution is -0.131. The molecule has 0 aliphatic rings. The summed E-state index contributed by atoms with van der Waals surface area (Å²) < 4.78 is 5.35. The number of carbonyl (C=O) groups excluding carboxylic acids is 1. The molecule has 0 fully saturated rings. The largest absolute Gasteiger partial charge is 0.337 e. The monoisotopic (exact) mass is 421 g/mol. The highest BCUT2D eigenvalue weighted by atomic mass is 35.5. The van der Waals surface area contributed by atoms with Gasteiger partial charge in [0.2, 0.25) is 17.6 Å². The molecule has 3 aromatic rings. The van der Waals surface area contributed by atoms with Crippen molar-refractivity contribution in [1.82, 2.24) is 15.0 Å². The molecule has 0 aliphatic heterocycles. The maximum absolute atomic E-state index is 13.0. The van der Waals surface area contributed by atoms with Crippen molar-refractivity contribution in [1.29, 1.82) is 0 Å². The van der Waals surface area contributed by atoms with Gasteiger partial charge in [0, 0.05) is 16.5 Å². The standard InChI is InChI=1S/C19H20ClN3O2S2/c1-3-15(27-14-9-7-13(20)8-10-14)19(24)23(4-2)12-17-21-18(22-25-17)16-6-5-11-26-16/h5-11,15H,3-4,12H2,1-2H3/t15-/m0/s1. The lowest BCUT2D eigenvalue weighted by atomic mass is 10.3. The van der Waals surface area contributed by atoms with E-state index in [-0.39, 0.29) is 11.2 Å². The molecule has 8 heteroatoms. The molecule has 0 bridgehead atoms. The summed E-state index contributed by atoms with van der Waals surface area (Å²) in [5, 5.41) is 6.49. The number of halogens is 1. The number of aromatic nitrogens is 2. The fraction of sp³-hybridized carbons (Fsp3) is 0.316. The molecule has 1 aromatic carbocycles. The molecular formula is C19H20ClN3O2S2. The third-order valence-electron chi connectivity index (χ3n) is 3.97. The second kappa shape index (κ2) is 9.39. The Bertz CT molecular complexity index is 865. The zero-order valence-corrected chi connectivity index (χ0v) is 17.5. The molecule has 0 unspecified atom stereocenters. The van der Waals surface area contributed by atoms with E-state index in [1.165, 1.54) is 0 Å². The number of carbonyl (C=O) groups is 1. The average molecular weight is 422 g/mol. The first kappa shape index (κ1) is 19.9. The van der Waals surface area contributed by atoms with Gasteiger partial charge in [-0.15, -0.1) is 23.1 Å². The van der Waals surface area contributed by atoms with Crippen LogP contribution in [0, 0.1) is 0 Å². The van der Waals surface area contributed by atoms with Gasteiger partial charge >= 0.3 is 0 Å². The Morgan fingerprint density at radius 3 is 2.70 bits per heavy atom. The van der Waals surface area contributed by atoms with Gasteiger partial charge in [-0.2, -0.15) is 4.98 Å². The van der Waals surface area contributed by atoms with Gasteiger partial charge in [0.25, 0.3) is 0 Å². The van der Waals surface area contributed by atoms with Crippen LogP contribution in [0.5, 0.6) is 0 Å². The molecule has 0 N–H and O–H groups in total. The molecule has 2 aromatic heterocycles. The Kier molecular flexibility index (Phi) is 6.93. The normalized spacial score (nSPS) is 12.1. The number of hydrogen-bond acceptors (Lipinski definition) is 6. The maximum Gasteiger partial charge on any atom is 0.246 e. The van der Waals surface area contributed by atoms with Crippen molar-refractivity contribution in [3.8, 4) is 10.7 Å². The van der Waals surface area contributed by atoms with E-state index >= 15 is 0 Å². The summed E-state index contributed by atoms with van der Waals surface area (Å²) in [6.07, 6.45) is 0.729. The summed E-state index contributed by atoms with van der Waals surface area (Å²) in [6, 6.07) is 11.4. The topological polar surface area (TPSA) is 59.2 Å². The molecule has 0 radical (unpaired) electrons. The van der Waals surface area contributed by atoms with Crippen LogP contribution in [0.1, 0.15) is 26.2 Å². The average Bonchev–Trinajstić information content (AvgIpc) is 3.36. The van der Waals surface area contributed by atoms with E-state index in [0.717, 1.165) is 16.2 Å². The van der Waals surface area contributed by atoms with Crippen molar-refractivity contribution < 1.29 is 9.32 Å². The van der Waals surface area contributed by atoms with Crippen LogP contribution in [0.3, 0.4) is 0 Å². The van der Waals surface area contributed by atoms with Crippen molar-refractivity contribution in [3.63, 3.8) is 0 Å². The zero-order valence-electron chi connectivity index (χ0n) is 15.1. The highest BCUT2D eigenvalue weighted by Crippen LogP contribution is 2.28. The van der Waals surface area contributed by atoms with E-state index in [2.05, 4.69) is 10.1 Å². The van der Waals surface area contributed by atoms with Crippen LogP contribution in [-0.4, -0.2) is 32.7 Å². The number of amides is 1. The molecule has 3 rings (SSSR count). The first-order valence-electron chi connectivity index (χ1n) is 8.68. The molecule has 27 heavy (non-hydrogen) atoms. The second-order valence-corrected chi connectivity index (χ2v) is 8.47. The van der Waals surface area contributed by atoms with Crippen molar-refractivity contribution in [2.75, 3.05) is 6.54 Å². The summed E-state index contributed by atoms with van der Waals surface area (Å²) in [4.78, 5) is 21.1. The third-order valence-corrected chi connectivity index (χ3v) is 6.45. The van der Waals surface area contributed by atoms with Crippen molar-refractivity contribution >= 4 is 40.6 Å². The number of thiophene rings is 1. The van der Waals surface area contributed by atoms with Crippen LogP contribution in [0.15, 0.2) is 51.2 Å². The van der Waals surface area contributed by atoms with Crippen molar-refractivity contribution in [3.05, 3.63) is 52.7 Å². The lowest BCUT2D eigenvalue weighted by Gasteiger charge is -2.24. The van der Waals surface area contributed by atoms with Gasteiger partial charge in [0.1, 0.15) is 6.54 Å². The van der Waals surface area contributed by atoms with Crippen LogP contribution in [-0.2, 0) is 11.3 Å². The number of nitrogens with zero attached hydrogens (tertiary/aromatic N) is 3. The van der Waals surface area contributed by atoms with E-state index in [9.17, 15) is 4.79 Å². The Balaban J connectivity index is 1.67. The minimum absolute atomic E-state index is 0.0656. The summed E-state index contributed by atoms with van der Waals surface area (Å²) in [5.41, 5.74) is 0. The summed E-state index contributed by atoms with van der Waals surface area (Å²) in [7, 11) is 0. The van der Waals surface area contributed by atoms with E-state index in [1.807, 2.05) is 55.6 Å². The van der Waals surface area contributed by atoms with E-state index in [0.29, 0.717) is 29.8 Å². The van der Waals surface area contributed by atoms with Gasteiger partial charge < -0.3 is 9.42 Å². The van der Waals surface area contributed by atoms with Crippen LogP contribution in [0.4, 0.5) is 0 Å². The van der Waals surface area contributed by atoms with Gasteiger partial charge in [-0.3, -0.25) is 4.79 Å². The molecule has 0 aliphatic carbocycles. The lowest BCUT2D eigenvalue weighted by Crippen LogP contribution is -2.37. The molecule has 2 heterocycles. The van der Waals surface area contributed by atoms with E-state index in [1.54, 1.807) is 28.0 Å². The highest BCUT2D eigenvalue weighted by Gasteiger charge is 2.25.